The maximum Gasteiger partial charge on any atom is 0.471 e. The number of ether oxygens (including phenoxy) is 1. The number of hydrogen-bond donors (Lipinski definition) is 2. The van der Waals surface area contributed by atoms with Gasteiger partial charge in [0.05, 0.1) is 17.3 Å². The molecule has 0 spiro atoms. The Morgan fingerprint density at radius 1 is 1.05 bits per heavy atom. The summed E-state index contributed by atoms with van der Waals surface area (Å²) < 4.78 is 74.2. The standard InChI is InChI=1S/C36H33Cl3F5N7O4/c1-34(2,3)17-35(22-9-6-19(7-10-22)21-14-45-50(15-21)32(40)41)31(54)51(33(49-35)48-30(53)36(42,43)44)25(16-55-26(52)12-18-4-5-18)20-8-11-24(37)23(13-20)29-46-27(38)28(39)47-29/h6-11,13-15,18,25,32H,4-5,12,16-17H2,1-3H3,(H,46,47)(H,48,49,53)/t25-,35-/m1/s1. The number of imidazole rings is 1. The molecule has 2 aromatic carbocycles. The van der Waals surface area contributed by atoms with E-state index >= 15 is 4.79 Å². The van der Waals surface area contributed by atoms with Crippen LogP contribution in [0.2, 0.25) is 15.3 Å². The number of aliphatic imine (C=N–C) groups is 1. The number of nitrogens with zero attached hydrogens (tertiary/aromatic N) is 5. The van der Waals surface area contributed by atoms with Gasteiger partial charge >= 0.3 is 24.6 Å². The van der Waals surface area contributed by atoms with E-state index in [4.69, 9.17) is 39.5 Å². The Morgan fingerprint density at radius 2 is 1.75 bits per heavy atom. The molecule has 1 aliphatic heterocycles. The zero-order chi connectivity index (χ0) is 40.0. The number of aromatic amines is 1. The minimum atomic E-state index is -5.38. The first-order valence-electron chi connectivity index (χ1n) is 16.9. The number of hydrogen-bond acceptors (Lipinski definition) is 7. The number of amides is 2. The number of esters is 1. The molecule has 1 saturated carbocycles. The van der Waals surface area contributed by atoms with Crippen LogP contribution < -0.4 is 5.32 Å². The summed E-state index contributed by atoms with van der Waals surface area (Å²) in [4.78, 5) is 53.1. The first kappa shape index (κ1) is 40.1. The van der Waals surface area contributed by atoms with Crippen molar-refractivity contribution in [2.45, 2.75) is 70.8 Å². The van der Waals surface area contributed by atoms with E-state index in [0.717, 1.165) is 23.9 Å². The van der Waals surface area contributed by atoms with Gasteiger partial charge in [0, 0.05) is 23.7 Å². The molecule has 1 aliphatic carbocycles. The molecule has 0 bridgehead atoms. The minimum absolute atomic E-state index is 0.00327. The molecule has 1 fully saturated rings. The highest BCUT2D eigenvalue weighted by molar-refractivity contribution is 6.40. The molecule has 292 valence electrons. The zero-order valence-corrected chi connectivity index (χ0v) is 31.6. The molecule has 19 heteroatoms. The van der Waals surface area contributed by atoms with Gasteiger partial charge in [0.15, 0.2) is 10.7 Å². The van der Waals surface area contributed by atoms with E-state index in [0.29, 0.717) is 15.8 Å². The number of alkyl halides is 5. The molecule has 4 aromatic rings. The third-order valence-corrected chi connectivity index (χ3v) is 9.95. The fraction of sp³-hybridized carbons (Fsp3) is 0.389. The number of halogens is 8. The van der Waals surface area contributed by atoms with Crippen molar-refractivity contribution >= 4 is 58.5 Å². The zero-order valence-electron chi connectivity index (χ0n) is 29.4. The molecule has 0 radical (unpaired) electrons. The Morgan fingerprint density at radius 3 is 2.31 bits per heavy atom. The van der Waals surface area contributed by atoms with Gasteiger partial charge in [-0.3, -0.25) is 24.6 Å². The van der Waals surface area contributed by atoms with Gasteiger partial charge in [-0.25, -0.2) is 14.7 Å². The van der Waals surface area contributed by atoms with E-state index in [2.05, 4.69) is 20.1 Å². The van der Waals surface area contributed by atoms with Crippen LogP contribution in [0.3, 0.4) is 0 Å². The summed E-state index contributed by atoms with van der Waals surface area (Å²) in [6.45, 7) is 1.95. The molecule has 11 nitrogen and oxygen atoms in total. The maximum absolute atomic E-state index is 15.2. The van der Waals surface area contributed by atoms with E-state index in [-0.39, 0.29) is 56.6 Å². The van der Waals surface area contributed by atoms with Crippen LogP contribution >= 0.6 is 34.8 Å². The lowest BCUT2D eigenvalue weighted by atomic mass is 9.75. The van der Waals surface area contributed by atoms with E-state index in [1.54, 1.807) is 26.1 Å². The Balaban J connectivity index is 1.49. The molecule has 3 heterocycles. The highest BCUT2D eigenvalue weighted by Gasteiger charge is 2.55. The van der Waals surface area contributed by atoms with Crippen molar-refractivity contribution in [1.82, 2.24) is 30.0 Å². The fourth-order valence-corrected chi connectivity index (χ4v) is 6.80. The molecule has 0 saturated heterocycles. The Kier molecular flexibility index (Phi) is 11.1. The summed E-state index contributed by atoms with van der Waals surface area (Å²) in [6.07, 6.45) is -1.32. The van der Waals surface area contributed by atoms with Crippen LogP contribution in [0.4, 0.5) is 22.0 Å². The van der Waals surface area contributed by atoms with Crippen molar-refractivity contribution in [3.8, 4) is 22.5 Å². The minimum Gasteiger partial charge on any atom is -0.463 e. The monoisotopic (exact) mass is 827 g/mol. The van der Waals surface area contributed by atoms with Crippen molar-refractivity contribution in [2.75, 3.05) is 6.61 Å². The van der Waals surface area contributed by atoms with Gasteiger partial charge in [0.25, 0.3) is 5.91 Å². The maximum atomic E-state index is 15.2. The van der Waals surface area contributed by atoms with Gasteiger partial charge in [-0.2, -0.15) is 27.1 Å². The number of rotatable bonds is 11. The van der Waals surface area contributed by atoms with Crippen LogP contribution in [0.25, 0.3) is 22.5 Å². The first-order valence-corrected chi connectivity index (χ1v) is 18.0. The van der Waals surface area contributed by atoms with Crippen molar-refractivity contribution < 1.29 is 41.1 Å². The van der Waals surface area contributed by atoms with Crippen LogP contribution in [-0.4, -0.2) is 61.2 Å². The van der Waals surface area contributed by atoms with Crippen molar-refractivity contribution in [3.05, 3.63) is 81.3 Å². The Labute approximate surface area is 326 Å². The molecule has 0 unspecified atom stereocenters. The van der Waals surface area contributed by atoms with Crippen molar-refractivity contribution in [2.24, 2.45) is 16.3 Å². The number of benzene rings is 2. The molecule has 2 N–H and O–H groups in total. The lowest BCUT2D eigenvalue weighted by molar-refractivity contribution is -0.172. The third-order valence-electron chi connectivity index (χ3n) is 8.98. The SMILES string of the molecule is CC(C)(C)C[C@]1(c2ccc(-c3cnn(C(F)F)c3)cc2)N=C(NC(=O)C(F)(F)F)N([C@H](COC(=O)CC2CC2)c2ccc(Cl)c(-c3nc(Cl)c(Cl)[nH]3)c2)C1=O. The third kappa shape index (κ3) is 8.81. The highest BCUT2D eigenvalue weighted by Crippen LogP contribution is 2.46. The molecule has 2 atom stereocenters. The Bertz CT molecular complexity index is 2130. The van der Waals surface area contributed by atoms with Crippen LogP contribution in [-0.2, 0) is 24.7 Å². The predicted octanol–water partition coefficient (Wildman–Crippen LogP) is 8.89. The lowest BCUT2D eigenvalue weighted by Gasteiger charge is -2.35. The summed E-state index contributed by atoms with van der Waals surface area (Å²) in [5.74, 6) is -4.33. The predicted molar refractivity (Wildman–Crippen MR) is 193 cm³/mol. The van der Waals surface area contributed by atoms with E-state index in [9.17, 15) is 31.5 Å². The van der Waals surface area contributed by atoms with E-state index in [1.165, 1.54) is 48.7 Å². The summed E-state index contributed by atoms with van der Waals surface area (Å²) in [7, 11) is 0. The second kappa shape index (κ2) is 15.2. The molecule has 2 aromatic heterocycles. The van der Waals surface area contributed by atoms with Crippen LogP contribution in [0.15, 0.2) is 59.9 Å². The largest absolute Gasteiger partial charge is 0.471 e. The number of H-pyrrole nitrogens is 1. The quantitative estimate of drug-likeness (QED) is 0.115. The van der Waals surface area contributed by atoms with Gasteiger partial charge in [0.2, 0.25) is 5.96 Å². The van der Waals surface area contributed by atoms with E-state index in [1.807, 2.05) is 0 Å². The van der Waals surface area contributed by atoms with Crippen LogP contribution in [0, 0.1) is 11.3 Å². The average molecular weight is 829 g/mol. The molecule has 2 aliphatic rings. The number of aromatic nitrogens is 4. The van der Waals surface area contributed by atoms with Crippen LogP contribution in [0.5, 0.6) is 0 Å². The second-order valence-corrected chi connectivity index (χ2v) is 15.6. The molecule has 2 amide bonds. The van der Waals surface area contributed by atoms with Gasteiger partial charge < -0.3 is 9.72 Å². The number of carbonyl (C=O) groups is 3. The number of carbonyl (C=O) groups excluding carboxylic acids is 3. The van der Waals surface area contributed by atoms with E-state index < -0.39 is 60.1 Å². The molecular weight excluding hydrogens is 796 g/mol. The molecule has 6 rings (SSSR count). The van der Waals surface area contributed by atoms with Gasteiger partial charge in [0.1, 0.15) is 17.6 Å². The number of nitrogens with one attached hydrogen (secondary N) is 2. The smallest absolute Gasteiger partial charge is 0.463 e. The summed E-state index contributed by atoms with van der Waals surface area (Å²) in [5.41, 5.74) is -1.19. The number of guanidine groups is 1. The van der Waals surface area contributed by atoms with Gasteiger partial charge in [-0.1, -0.05) is 85.9 Å². The summed E-state index contributed by atoms with van der Waals surface area (Å²) in [5, 5.41) is 5.55. The topological polar surface area (TPSA) is 135 Å². The summed E-state index contributed by atoms with van der Waals surface area (Å²) in [6, 6.07) is 9.10. The average Bonchev–Trinajstić information content (AvgIpc) is 3.53. The Hall–Kier alpha value is -4.54. The molecular formula is C36H33Cl3F5N7O4. The normalized spacial score (nSPS) is 18.1. The molecule has 55 heavy (non-hydrogen) atoms. The van der Waals surface area contributed by atoms with Crippen LogP contribution in [0.1, 0.15) is 70.2 Å². The fourth-order valence-electron chi connectivity index (χ4n) is 6.33. The van der Waals surface area contributed by atoms with Gasteiger partial charge in [-0.15, -0.1) is 0 Å². The summed E-state index contributed by atoms with van der Waals surface area (Å²) >= 11 is 18.7. The van der Waals surface area contributed by atoms with Crippen molar-refractivity contribution in [1.29, 1.82) is 0 Å². The first-order chi connectivity index (χ1) is 25.8. The van der Waals surface area contributed by atoms with Gasteiger partial charge in [-0.05, 0) is 59.4 Å². The highest BCUT2D eigenvalue weighted by atomic mass is 35.5. The van der Waals surface area contributed by atoms with Crippen molar-refractivity contribution in [3.63, 3.8) is 0 Å². The lowest BCUT2D eigenvalue weighted by Crippen LogP contribution is -2.51. The second-order valence-electron chi connectivity index (χ2n) is 14.5.